The number of benzene rings is 2. The summed E-state index contributed by atoms with van der Waals surface area (Å²) >= 11 is 3.22. The fourth-order valence-corrected chi connectivity index (χ4v) is 1.76. The zero-order chi connectivity index (χ0) is 12.4. The van der Waals surface area contributed by atoms with E-state index >= 15 is 0 Å². The van der Waals surface area contributed by atoms with Gasteiger partial charge in [0.05, 0.1) is 17.1 Å². The number of nitrogen functional groups attached to an aromatic ring is 1. The quantitative estimate of drug-likeness (QED) is 0.821. The van der Waals surface area contributed by atoms with Crippen molar-refractivity contribution >= 4 is 33.0 Å². The molecule has 0 radical (unpaired) electrons. The van der Waals surface area contributed by atoms with Gasteiger partial charge in [0, 0.05) is 4.47 Å². The Bertz CT molecular complexity index is 538. The van der Waals surface area contributed by atoms with E-state index in [1.165, 1.54) is 24.3 Å². The smallest absolute Gasteiger partial charge is 0.148 e. The van der Waals surface area contributed by atoms with Gasteiger partial charge >= 0.3 is 0 Å². The molecule has 0 heterocycles. The number of nitrogens with one attached hydrogen (secondary N) is 1. The first-order valence-corrected chi connectivity index (χ1v) is 5.63. The van der Waals surface area contributed by atoms with Crippen LogP contribution in [0.4, 0.5) is 25.8 Å². The van der Waals surface area contributed by atoms with Crippen molar-refractivity contribution in [3.8, 4) is 0 Å². The van der Waals surface area contributed by atoms with E-state index in [0.717, 1.165) is 0 Å². The molecule has 0 aromatic heterocycles. The van der Waals surface area contributed by atoms with Crippen LogP contribution in [0.3, 0.4) is 0 Å². The molecule has 0 aliphatic rings. The third kappa shape index (κ3) is 2.55. The molecule has 0 atom stereocenters. The van der Waals surface area contributed by atoms with Gasteiger partial charge in [-0.15, -0.1) is 0 Å². The van der Waals surface area contributed by atoms with Crippen molar-refractivity contribution in [3.05, 3.63) is 52.5 Å². The van der Waals surface area contributed by atoms with Crippen molar-refractivity contribution < 1.29 is 8.78 Å². The fourth-order valence-electron chi connectivity index (χ4n) is 1.40. The maximum atomic E-state index is 13.5. The summed E-state index contributed by atoms with van der Waals surface area (Å²) in [5.74, 6) is -1.000. The largest absolute Gasteiger partial charge is 0.397 e. The highest BCUT2D eigenvalue weighted by atomic mass is 79.9. The van der Waals surface area contributed by atoms with Crippen LogP contribution in [0.2, 0.25) is 0 Å². The van der Waals surface area contributed by atoms with E-state index in [2.05, 4.69) is 21.2 Å². The molecular formula is C12H9BrF2N2. The number of para-hydroxylation sites is 1. The van der Waals surface area contributed by atoms with Crippen molar-refractivity contribution in [2.75, 3.05) is 11.1 Å². The third-order valence-electron chi connectivity index (χ3n) is 2.23. The summed E-state index contributed by atoms with van der Waals surface area (Å²) in [5, 5.41) is 2.64. The molecule has 2 aromatic rings. The van der Waals surface area contributed by atoms with Gasteiger partial charge in [0.25, 0.3) is 0 Å². The fraction of sp³-hybridized carbons (Fsp3) is 0. The molecule has 88 valence electrons. The molecule has 17 heavy (non-hydrogen) atoms. The van der Waals surface area contributed by atoms with Crippen LogP contribution in [0, 0.1) is 11.6 Å². The second kappa shape index (κ2) is 4.71. The lowest BCUT2D eigenvalue weighted by atomic mass is 10.2. The summed E-state index contributed by atoms with van der Waals surface area (Å²) in [6, 6.07) is 8.65. The Labute approximate surface area is 106 Å². The van der Waals surface area contributed by atoms with Gasteiger partial charge in [-0.1, -0.05) is 22.0 Å². The topological polar surface area (TPSA) is 38.0 Å². The Hall–Kier alpha value is -1.62. The second-order valence-corrected chi connectivity index (χ2v) is 4.37. The Morgan fingerprint density at radius 1 is 1.06 bits per heavy atom. The van der Waals surface area contributed by atoms with E-state index in [1.54, 1.807) is 12.1 Å². The number of hydrogen-bond donors (Lipinski definition) is 2. The zero-order valence-electron chi connectivity index (χ0n) is 8.68. The standard InChI is InChI=1S/C12H9BrF2N2/c13-7-4-5-8(14)11(6-7)17-12-9(15)2-1-3-10(12)16/h1-6,17H,16H2. The van der Waals surface area contributed by atoms with E-state index in [0.29, 0.717) is 4.47 Å². The maximum absolute atomic E-state index is 13.5. The molecule has 0 aliphatic carbocycles. The van der Waals surface area contributed by atoms with Crippen molar-refractivity contribution in [2.45, 2.75) is 0 Å². The number of rotatable bonds is 2. The molecule has 2 rings (SSSR count). The highest BCUT2D eigenvalue weighted by Gasteiger charge is 2.09. The van der Waals surface area contributed by atoms with Gasteiger partial charge in [-0.2, -0.15) is 0 Å². The summed E-state index contributed by atoms with van der Waals surface area (Å²) in [5.41, 5.74) is 6.08. The minimum Gasteiger partial charge on any atom is -0.397 e. The summed E-state index contributed by atoms with van der Waals surface area (Å²) in [4.78, 5) is 0. The summed E-state index contributed by atoms with van der Waals surface area (Å²) in [6.07, 6.45) is 0. The van der Waals surface area contributed by atoms with Crippen LogP contribution in [0.25, 0.3) is 0 Å². The SMILES string of the molecule is Nc1cccc(F)c1Nc1cc(Br)ccc1F. The molecule has 0 saturated carbocycles. The van der Waals surface area contributed by atoms with Gasteiger partial charge in [0.15, 0.2) is 0 Å². The second-order valence-electron chi connectivity index (χ2n) is 3.45. The van der Waals surface area contributed by atoms with E-state index < -0.39 is 11.6 Å². The van der Waals surface area contributed by atoms with Gasteiger partial charge in [-0.25, -0.2) is 8.78 Å². The predicted molar refractivity (Wildman–Crippen MR) is 68.2 cm³/mol. The number of halogens is 3. The summed E-state index contributed by atoms with van der Waals surface area (Å²) < 4.78 is 27.7. The van der Waals surface area contributed by atoms with E-state index in [9.17, 15) is 8.78 Å². The summed E-state index contributed by atoms with van der Waals surface area (Å²) in [6.45, 7) is 0. The van der Waals surface area contributed by atoms with Gasteiger partial charge < -0.3 is 11.1 Å². The Kier molecular flexibility index (Phi) is 3.28. The van der Waals surface area contributed by atoms with Crippen LogP contribution >= 0.6 is 15.9 Å². The predicted octanol–water partition coefficient (Wildman–Crippen LogP) is 4.05. The molecule has 0 bridgehead atoms. The molecule has 5 heteroatoms. The average Bonchev–Trinajstić information content (AvgIpc) is 2.28. The molecule has 2 aromatic carbocycles. The van der Waals surface area contributed by atoms with Gasteiger partial charge in [-0.05, 0) is 30.3 Å². The Balaban J connectivity index is 2.41. The highest BCUT2D eigenvalue weighted by Crippen LogP contribution is 2.29. The van der Waals surface area contributed by atoms with Crippen LogP contribution in [0.5, 0.6) is 0 Å². The van der Waals surface area contributed by atoms with Crippen LogP contribution in [-0.4, -0.2) is 0 Å². The maximum Gasteiger partial charge on any atom is 0.148 e. The number of nitrogens with two attached hydrogens (primary N) is 1. The van der Waals surface area contributed by atoms with E-state index in [-0.39, 0.29) is 17.1 Å². The van der Waals surface area contributed by atoms with E-state index in [4.69, 9.17) is 5.73 Å². The minimum atomic E-state index is -0.524. The van der Waals surface area contributed by atoms with Gasteiger partial charge in [0.2, 0.25) is 0 Å². The van der Waals surface area contributed by atoms with Crippen molar-refractivity contribution in [2.24, 2.45) is 0 Å². The number of hydrogen-bond acceptors (Lipinski definition) is 2. The highest BCUT2D eigenvalue weighted by molar-refractivity contribution is 9.10. The lowest BCUT2D eigenvalue weighted by Crippen LogP contribution is -2.00. The first kappa shape index (κ1) is 11.9. The lowest BCUT2D eigenvalue weighted by molar-refractivity contribution is 0.625. The van der Waals surface area contributed by atoms with Gasteiger partial charge in [0.1, 0.15) is 11.6 Å². The molecule has 2 nitrogen and oxygen atoms in total. The van der Waals surface area contributed by atoms with E-state index in [1.807, 2.05) is 0 Å². The molecule has 0 fully saturated rings. The monoisotopic (exact) mass is 298 g/mol. The normalized spacial score (nSPS) is 10.3. The van der Waals surface area contributed by atoms with Crippen molar-refractivity contribution in [1.29, 1.82) is 0 Å². The van der Waals surface area contributed by atoms with Crippen LogP contribution < -0.4 is 11.1 Å². The third-order valence-corrected chi connectivity index (χ3v) is 2.73. The van der Waals surface area contributed by atoms with Crippen LogP contribution in [0.15, 0.2) is 40.9 Å². The first-order chi connectivity index (χ1) is 8.08. The van der Waals surface area contributed by atoms with Gasteiger partial charge in [-0.3, -0.25) is 0 Å². The lowest BCUT2D eigenvalue weighted by Gasteiger charge is -2.11. The Morgan fingerprint density at radius 3 is 2.53 bits per heavy atom. The first-order valence-electron chi connectivity index (χ1n) is 4.84. The number of anilines is 3. The van der Waals surface area contributed by atoms with Crippen LogP contribution in [0.1, 0.15) is 0 Å². The minimum absolute atomic E-state index is 0.0736. The molecular weight excluding hydrogens is 290 g/mol. The molecule has 3 N–H and O–H groups in total. The molecule has 0 spiro atoms. The average molecular weight is 299 g/mol. The Morgan fingerprint density at radius 2 is 1.82 bits per heavy atom. The molecule has 0 unspecified atom stereocenters. The molecule has 0 amide bonds. The van der Waals surface area contributed by atoms with Crippen LogP contribution in [-0.2, 0) is 0 Å². The van der Waals surface area contributed by atoms with Crippen molar-refractivity contribution in [1.82, 2.24) is 0 Å². The molecule has 0 aliphatic heterocycles. The van der Waals surface area contributed by atoms with Crippen molar-refractivity contribution in [3.63, 3.8) is 0 Å². The molecule has 0 saturated heterocycles. The summed E-state index contributed by atoms with van der Waals surface area (Å²) in [7, 11) is 0. The zero-order valence-corrected chi connectivity index (χ0v) is 10.3.